The van der Waals surface area contributed by atoms with Crippen LogP contribution in [0.3, 0.4) is 0 Å². The van der Waals surface area contributed by atoms with Crippen molar-refractivity contribution in [2.24, 2.45) is 11.7 Å². The van der Waals surface area contributed by atoms with Crippen LogP contribution in [0.25, 0.3) is 0 Å². The highest BCUT2D eigenvalue weighted by Gasteiger charge is 2.25. The molecule has 114 valence electrons. The van der Waals surface area contributed by atoms with Crippen molar-refractivity contribution in [2.45, 2.75) is 31.7 Å². The number of amides is 2. The molecule has 0 aromatic heterocycles. The second-order valence-corrected chi connectivity index (χ2v) is 5.88. The number of carbonyl (C=O) groups is 2. The van der Waals surface area contributed by atoms with E-state index in [1.807, 2.05) is 0 Å². The van der Waals surface area contributed by atoms with Gasteiger partial charge in [-0.1, -0.05) is 6.42 Å². The standard InChI is InChI=1S/C16H23N3O2/c1-19(2)16(21)11-6-8-13(9-7-11)18-15(20)10-12-4-3-5-14(12)17/h6-9,12,14H,3-5,10,17H2,1-2H3,(H,18,20)/t12-,14+/m0/s1. The fourth-order valence-corrected chi connectivity index (χ4v) is 2.72. The van der Waals surface area contributed by atoms with E-state index in [-0.39, 0.29) is 17.9 Å². The Kier molecular flexibility index (Phi) is 4.96. The van der Waals surface area contributed by atoms with Crippen LogP contribution in [0.5, 0.6) is 0 Å². The van der Waals surface area contributed by atoms with Gasteiger partial charge in [0.2, 0.25) is 5.91 Å². The van der Waals surface area contributed by atoms with Gasteiger partial charge in [0.1, 0.15) is 0 Å². The number of carbonyl (C=O) groups excluding carboxylic acids is 2. The van der Waals surface area contributed by atoms with E-state index in [9.17, 15) is 9.59 Å². The molecule has 2 atom stereocenters. The third kappa shape index (κ3) is 4.04. The lowest BCUT2D eigenvalue weighted by atomic mass is 10.00. The fraction of sp³-hybridized carbons (Fsp3) is 0.500. The molecular formula is C16H23N3O2. The minimum absolute atomic E-state index is 0.0102. The molecule has 0 bridgehead atoms. The zero-order valence-electron chi connectivity index (χ0n) is 12.6. The number of anilines is 1. The molecule has 2 rings (SSSR count). The van der Waals surface area contributed by atoms with E-state index in [2.05, 4.69) is 5.32 Å². The Balaban J connectivity index is 1.91. The second kappa shape index (κ2) is 6.72. The van der Waals surface area contributed by atoms with Gasteiger partial charge in [0.15, 0.2) is 0 Å². The van der Waals surface area contributed by atoms with Crippen molar-refractivity contribution in [1.82, 2.24) is 4.90 Å². The lowest BCUT2D eigenvalue weighted by Crippen LogP contribution is -2.28. The maximum atomic E-state index is 12.0. The van der Waals surface area contributed by atoms with Crippen molar-refractivity contribution >= 4 is 17.5 Å². The van der Waals surface area contributed by atoms with Crippen LogP contribution in [0.2, 0.25) is 0 Å². The van der Waals surface area contributed by atoms with Crippen LogP contribution in [-0.4, -0.2) is 36.9 Å². The van der Waals surface area contributed by atoms with E-state index < -0.39 is 0 Å². The molecule has 0 unspecified atom stereocenters. The minimum atomic E-state index is -0.0511. The molecule has 0 heterocycles. The molecule has 0 spiro atoms. The molecule has 0 radical (unpaired) electrons. The highest BCUT2D eigenvalue weighted by molar-refractivity contribution is 5.95. The minimum Gasteiger partial charge on any atom is -0.345 e. The van der Waals surface area contributed by atoms with Gasteiger partial charge in [-0.2, -0.15) is 0 Å². The van der Waals surface area contributed by atoms with Gasteiger partial charge in [0.25, 0.3) is 5.91 Å². The van der Waals surface area contributed by atoms with Gasteiger partial charge < -0.3 is 16.0 Å². The van der Waals surface area contributed by atoms with Crippen LogP contribution < -0.4 is 11.1 Å². The van der Waals surface area contributed by atoms with Gasteiger partial charge in [-0.25, -0.2) is 0 Å². The molecule has 1 aliphatic carbocycles. The number of rotatable bonds is 4. The van der Waals surface area contributed by atoms with Gasteiger partial charge in [0.05, 0.1) is 0 Å². The van der Waals surface area contributed by atoms with Crippen LogP contribution in [0.15, 0.2) is 24.3 Å². The van der Waals surface area contributed by atoms with Crippen molar-refractivity contribution in [1.29, 1.82) is 0 Å². The maximum absolute atomic E-state index is 12.0. The molecular weight excluding hydrogens is 266 g/mol. The lowest BCUT2D eigenvalue weighted by Gasteiger charge is -2.15. The van der Waals surface area contributed by atoms with Crippen LogP contribution in [0.4, 0.5) is 5.69 Å². The number of benzene rings is 1. The summed E-state index contributed by atoms with van der Waals surface area (Å²) in [6, 6.07) is 7.10. The quantitative estimate of drug-likeness (QED) is 0.888. The fourth-order valence-electron chi connectivity index (χ4n) is 2.72. The Bertz CT molecular complexity index is 511. The number of hydrogen-bond donors (Lipinski definition) is 2. The number of hydrogen-bond acceptors (Lipinski definition) is 3. The third-order valence-corrected chi connectivity index (χ3v) is 3.99. The third-order valence-electron chi connectivity index (χ3n) is 3.99. The summed E-state index contributed by atoms with van der Waals surface area (Å²) in [5.41, 5.74) is 7.30. The lowest BCUT2D eigenvalue weighted by molar-refractivity contribution is -0.117. The summed E-state index contributed by atoms with van der Waals surface area (Å²) < 4.78 is 0. The maximum Gasteiger partial charge on any atom is 0.253 e. The van der Waals surface area contributed by atoms with Crippen LogP contribution in [0.1, 0.15) is 36.0 Å². The van der Waals surface area contributed by atoms with E-state index in [0.717, 1.165) is 19.3 Å². The van der Waals surface area contributed by atoms with E-state index in [1.54, 1.807) is 38.4 Å². The number of nitrogens with one attached hydrogen (secondary N) is 1. The van der Waals surface area contributed by atoms with Crippen molar-refractivity contribution in [3.63, 3.8) is 0 Å². The SMILES string of the molecule is CN(C)C(=O)c1ccc(NC(=O)C[C@@H]2CCC[C@H]2N)cc1. The molecule has 0 aliphatic heterocycles. The van der Waals surface area contributed by atoms with Crippen molar-refractivity contribution in [3.05, 3.63) is 29.8 Å². The Labute approximate surface area is 125 Å². The normalized spacial score (nSPS) is 21.1. The highest BCUT2D eigenvalue weighted by atomic mass is 16.2. The smallest absolute Gasteiger partial charge is 0.253 e. The first kappa shape index (κ1) is 15.5. The Morgan fingerprint density at radius 3 is 2.43 bits per heavy atom. The van der Waals surface area contributed by atoms with Gasteiger partial charge in [-0.3, -0.25) is 9.59 Å². The van der Waals surface area contributed by atoms with Crippen LogP contribution >= 0.6 is 0 Å². The van der Waals surface area contributed by atoms with Gasteiger partial charge >= 0.3 is 0 Å². The average molecular weight is 289 g/mol. The molecule has 21 heavy (non-hydrogen) atoms. The summed E-state index contributed by atoms with van der Waals surface area (Å²) in [5, 5.41) is 2.87. The van der Waals surface area contributed by atoms with E-state index in [0.29, 0.717) is 23.6 Å². The summed E-state index contributed by atoms with van der Waals surface area (Å²) >= 11 is 0. The van der Waals surface area contributed by atoms with E-state index in [1.165, 1.54) is 4.90 Å². The van der Waals surface area contributed by atoms with Gasteiger partial charge in [-0.15, -0.1) is 0 Å². The monoisotopic (exact) mass is 289 g/mol. The zero-order valence-corrected chi connectivity index (χ0v) is 12.6. The molecule has 0 saturated heterocycles. The average Bonchev–Trinajstić information content (AvgIpc) is 2.84. The first-order valence-corrected chi connectivity index (χ1v) is 7.34. The molecule has 5 nitrogen and oxygen atoms in total. The summed E-state index contributed by atoms with van der Waals surface area (Å²) in [7, 11) is 3.42. The van der Waals surface area contributed by atoms with Crippen molar-refractivity contribution in [3.8, 4) is 0 Å². The summed E-state index contributed by atoms with van der Waals surface area (Å²) in [6.45, 7) is 0. The highest BCUT2D eigenvalue weighted by Crippen LogP contribution is 2.27. The van der Waals surface area contributed by atoms with Crippen molar-refractivity contribution < 1.29 is 9.59 Å². The van der Waals surface area contributed by atoms with Crippen LogP contribution in [-0.2, 0) is 4.79 Å². The molecule has 5 heteroatoms. The van der Waals surface area contributed by atoms with E-state index >= 15 is 0 Å². The van der Waals surface area contributed by atoms with Crippen molar-refractivity contribution in [2.75, 3.05) is 19.4 Å². The van der Waals surface area contributed by atoms with Crippen LogP contribution in [0, 0.1) is 5.92 Å². The Hall–Kier alpha value is -1.88. The molecule has 1 aliphatic rings. The zero-order chi connectivity index (χ0) is 15.4. The largest absolute Gasteiger partial charge is 0.345 e. The number of nitrogens with two attached hydrogens (primary N) is 1. The summed E-state index contributed by atoms with van der Waals surface area (Å²) in [5.74, 6) is 0.230. The predicted molar refractivity (Wildman–Crippen MR) is 83.0 cm³/mol. The summed E-state index contributed by atoms with van der Waals surface area (Å²) in [4.78, 5) is 25.3. The molecule has 3 N–H and O–H groups in total. The first-order chi connectivity index (χ1) is 9.97. The van der Waals surface area contributed by atoms with E-state index in [4.69, 9.17) is 5.73 Å². The summed E-state index contributed by atoms with van der Waals surface area (Å²) in [6.07, 6.45) is 3.63. The molecule has 1 aromatic rings. The second-order valence-electron chi connectivity index (χ2n) is 5.88. The Morgan fingerprint density at radius 1 is 1.24 bits per heavy atom. The van der Waals surface area contributed by atoms with Gasteiger partial charge in [-0.05, 0) is 43.0 Å². The predicted octanol–water partition coefficient (Wildman–Crippen LogP) is 1.84. The Morgan fingerprint density at radius 2 is 1.90 bits per heavy atom. The van der Waals surface area contributed by atoms with Gasteiger partial charge in [0, 0.05) is 37.8 Å². The first-order valence-electron chi connectivity index (χ1n) is 7.34. The molecule has 1 saturated carbocycles. The molecule has 1 aromatic carbocycles. The topological polar surface area (TPSA) is 75.4 Å². The molecule has 2 amide bonds. The molecule has 1 fully saturated rings. The number of nitrogens with zero attached hydrogens (tertiary/aromatic N) is 1.